The molecule has 0 aliphatic carbocycles. The van der Waals surface area contributed by atoms with Crippen molar-refractivity contribution in [3.63, 3.8) is 0 Å². The molecule has 0 bridgehead atoms. The van der Waals surface area contributed by atoms with Gasteiger partial charge in [0, 0.05) is 26.2 Å². The maximum atomic E-state index is 12.0. The molecule has 0 aliphatic rings. The van der Waals surface area contributed by atoms with Gasteiger partial charge in [0.05, 0.1) is 6.54 Å². The third kappa shape index (κ3) is 15.0. The molecular formula is C10H31N3O26P8. The van der Waals surface area contributed by atoms with E-state index in [1.807, 2.05) is 0 Å². The minimum absolute atomic E-state index is 0.210. The van der Waals surface area contributed by atoms with Crippen molar-refractivity contribution in [2.45, 2.75) is 22.1 Å². The fourth-order valence-electron chi connectivity index (χ4n) is 4.00. The normalized spacial score (nSPS) is 15.3. The van der Waals surface area contributed by atoms with Crippen LogP contribution in [0.1, 0.15) is 0 Å². The molecule has 17 N–H and O–H groups in total. The van der Waals surface area contributed by atoms with Crippen molar-refractivity contribution in [1.29, 1.82) is 0 Å². The number of carboxylic acids is 1. The molecule has 0 rings (SSSR count). The fraction of sp³-hybridized carbons (Fsp3) is 0.900. The molecule has 0 spiro atoms. The highest BCUT2D eigenvalue weighted by atomic mass is 31.3. The Hall–Kier alpha value is 0.550. The van der Waals surface area contributed by atoms with Gasteiger partial charge in [-0.15, -0.1) is 0 Å². The van der Waals surface area contributed by atoms with Gasteiger partial charge in [-0.1, -0.05) is 0 Å². The summed E-state index contributed by atoms with van der Waals surface area (Å²) in [6, 6.07) is 0. The number of hydrogen-bond donors (Lipinski definition) is 17. The van der Waals surface area contributed by atoms with Crippen molar-refractivity contribution in [3.8, 4) is 0 Å². The van der Waals surface area contributed by atoms with Gasteiger partial charge in [0.25, 0.3) is 0 Å². The highest BCUT2D eigenvalue weighted by Crippen LogP contribution is 2.70. The lowest BCUT2D eigenvalue weighted by Gasteiger charge is -2.40. The van der Waals surface area contributed by atoms with Gasteiger partial charge in [0.1, 0.15) is 0 Å². The van der Waals surface area contributed by atoms with Crippen molar-refractivity contribution >= 4 is 66.7 Å². The second kappa shape index (κ2) is 16.1. The molecule has 282 valence electrons. The van der Waals surface area contributed by atoms with Crippen LogP contribution in [0.5, 0.6) is 0 Å². The lowest BCUT2D eigenvalue weighted by Crippen LogP contribution is -2.50. The molecule has 0 aromatic rings. The predicted molar refractivity (Wildman–Crippen MR) is 149 cm³/mol. The van der Waals surface area contributed by atoms with E-state index in [1.165, 1.54) is 0 Å². The largest absolute Gasteiger partial charge is 0.480 e. The summed E-state index contributed by atoms with van der Waals surface area (Å²) in [5, 5.41) is 9.22. The van der Waals surface area contributed by atoms with Gasteiger partial charge in [-0.05, 0) is 0 Å². The zero-order valence-electron chi connectivity index (χ0n) is 22.5. The Morgan fingerprint density at radius 2 is 0.553 bits per heavy atom. The van der Waals surface area contributed by atoms with Crippen LogP contribution in [0.25, 0.3) is 0 Å². The van der Waals surface area contributed by atoms with Gasteiger partial charge in [-0.25, -0.2) is 0 Å². The third-order valence-electron chi connectivity index (χ3n) is 5.30. The van der Waals surface area contributed by atoms with Crippen molar-refractivity contribution < 1.29 is 125 Å². The first-order valence-electron chi connectivity index (χ1n) is 11.1. The molecule has 0 aromatic carbocycles. The van der Waals surface area contributed by atoms with Crippen molar-refractivity contribution in [2.75, 3.05) is 32.7 Å². The van der Waals surface area contributed by atoms with Gasteiger partial charge in [-0.3, -0.25) is 56.0 Å². The lowest BCUT2D eigenvalue weighted by molar-refractivity contribution is -0.138. The van der Waals surface area contributed by atoms with Crippen LogP contribution in [0, 0.1) is 0 Å². The quantitative estimate of drug-likeness (QED) is 0.0513. The average Bonchev–Trinajstić information content (AvgIpc) is 2.66. The maximum absolute atomic E-state index is 12.0. The Morgan fingerprint density at radius 3 is 0.681 bits per heavy atom. The highest BCUT2D eigenvalue weighted by molar-refractivity contribution is 7.73. The molecule has 0 radical (unpaired) electrons. The molecule has 47 heavy (non-hydrogen) atoms. The Morgan fingerprint density at radius 1 is 0.383 bits per heavy atom. The molecule has 0 atom stereocenters. The molecule has 29 nitrogen and oxygen atoms in total. The van der Waals surface area contributed by atoms with Crippen LogP contribution >= 0.6 is 60.8 Å². The van der Waals surface area contributed by atoms with Gasteiger partial charge in [0.2, 0.25) is 22.1 Å². The number of nitrogens with zero attached hydrogens (tertiary/aromatic N) is 3. The van der Waals surface area contributed by atoms with Gasteiger partial charge < -0.3 is 83.4 Å². The Balaban J connectivity index is 7.31. The summed E-state index contributed by atoms with van der Waals surface area (Å²) in [4.78, 5) is 163. The summed E-state index contributed by atoms with van der Waals surface area (Å²) in [6.45, 7) is -7.87. The minimum Gasteiger partial charge on any atom is -0.480 e. The molecule has 0 amide bonds. The Labute approximate surface area is 261 Å². The average molecular weight is 857 g/mol. The predicted octanol–water partition coefficient (Wildman–Crippen LogP) is -4.47. The zero-order chi connectivity index (χ0) is 38.2. The molecule has 0 aromatic heterocycles. The molecule has 0 saturated heterocycles. The maximum Gasteiger partial charge on any atom is 0.355 e. The molecule has 0 aliphatic heterocycles. The molecular weight excluding hydrogens is 826 g/mol. The SMILES string of the molecule is O=C(O)CN(CCN(C(P(=O)(O)O)P(=O)(O)O)C(P(=O)(O)O)P(=O)(O)O)CCN(C(P(=O)(O)O)P(=O)(O)O)C(P(=O)(O)O)P(=O)(O)O. The lowest BCUT2D eigenvalue weighted by atomic mass is 10.4. The van der Waals surface area contributed by atoms with Crippen LogP contribution in [0.2, 0.25) is 0 Å². The molecule has 0 fully saturated rings. The van der Waals surface area contributed by atoms with E-state index in [2.05, 4.69) is 0 Å². The van der Waals surface area contributed by atoms with Crippen molar-refractivity contribution in [3.05, 3.63) is 0 Å². The number of carboxylic acid groups (broad SMARTS) is 1. The fourth-order valence-corrected chi connectivity index (χ4v) is 16.2. The topological polar surface area (TPSA) is 507 Å². The summed E-state index contributed by atoms with van der Waals surface area (Å²) in [7, 11) is -51.0. The molecule has 0 heterocycles. The zero-order valence-corrected chi connectivity index (χ0v) is 29.7. The molecule has 0 unspecified atom stereocenters. The van der Waals surface area contributed by atoms with E-state index >= 15 is 0 Å². The van der Waals surface area contributed by atoms with E-state index in [4.69, 9.17) is 0 Å². The van der Waals surface area contributed by atoms with Crippen molar-refractivity contribution in [2.24, 2.45) is 0 Å². The monoisotopic (exact) mass is 857 g/mol. The summed E-state index contributed by atoms with van der Waals surface area (Å²) in [5.74, 6) is -1.98. The Kier molecular flexibility index (Phi) is 16.2. The molecule has 0 saturated carbocycles. The van der Waals surface area contributed by atoms with Gasteiger partial charge >= 0.3 is 66.7 Å². The molecule has 37 heteroatoms. The van der Waals surface area contributed by atoms with Crippen LogP contribution in [-0.2, 0) is 41.3 Å². The van der Waals surface area contributed by atoms with E-state index in [-0.39, 0.29) is 4.90 Å². The third-order valence-corrected chi connectivity index (χ3v) is 19.7. The highest BCUT2D eigenvalue weighted by Gasteiger charge is 2.60. The number of hydrogen-bond acceptors (Lipinski definition) is 12. The first-order valence-corrected chi connectivity index (χ1v) is 24.6. The number of aliphatic carboxylic acids is 1. The van der Waals surface area contributed by atoms with E-state index < -0.39 is 131 Å². The second-order valence-electron chi connectivity index (χ2n) is 9.24. The summed E-state index contributed by atoms with van der Waals surface area (Å²) in [6.07, 6.45) is 0. The summed E-state index contributed by atoms with van der Waals surface area (Å²) in [5.41, 5.74) is -15.0. The smallest absolute Gasteiger partial charge is 0.355 e. The second-order valence-corrected chi connectivity index (χ2v) is 24.2. The van der Waals surface area contributed by atoms with Crippen LogP contribution in [0.3, 0.4) is 0 Å². The number of carbonyl (C=O) groups is 1. The van der Waals surface area contributed by atoms with Crippen molar-refractivity contribution in [1.82, 2.24) is 14.7 Å². The Bertz CT molecular complexity index is 1210. The minimum atomic E-state index is -6.38. The first kappa shape index (κ1) is 47.5. The summed E-state index contributed by atoms with van der Waals surface area (Å²) >= 11 is 0. The van der Waals surface area contributed by atoms with Crippen LogP contribution in [0.15, 0.2) is 0 Å². The van der Waals surface area contributed by atoms with E-state index in [1.54, 1.807) is 0 Å². The van der Waals surface area contributed by atoms with Crippen LogP contribution in [0.4, 0.5) is 0 Å². The number of rotatable bonds is 20. The van der Waals surface area contributed by atoms with Gasteiger partial charge in [0.15, 0.2) is 0 Å². The van der Waals surface area contributed by atoms with Crippen LogP contribution in [-0.4, -0.2) is 159 Å². The van der Waals surface area contributed by atoms with E-state index in [0.29, 0.717) is 0 Å². The standard InChI is InChI=1S/C10H31N3O26P8/c14-6(15)5-11(1-3-12(7(40(16,17)18)41(19,20)21)8(42(22,23)24)43(25,26)27)2-4-13(9(44(28,29)30)45(31,32)33)10(46(34,35)36)47(37,38)39/h7-10H,1-5H2,(H,14,15)(H2,16,17,18)(H2,19,20,21)(H2,22,23,24)(H2,25,26,27)(H2,28,29,30)(H2,31,32,33)(H2,34,35,36)(H2,37,38,39). The van der Waals surface area contributed by atoms with E-state index in [0.717, 1.165) is 0 Å². The van der Waals surface area contributed by atoms with E-state index in [9.17, 15) is 125 Å². The van der Waals surface area contributed by atoms with Gasteiger partial charge in [-0.2, -0.15) is 0 Å². The first-order chi connectivity index (χ1) is 20.2. The summed E-state index contributed by atoms with van der Waals surface area (Å²) < 4.78 is 95.9. The van der Waals surface area contributed by atoms with Crippen LogP contribution < -0.4 is 0 Å².